The van der Waals surface area contributed by atoms with E-state index in [0.717, 1.165) is 29.9 Å². The molecular weight excluding hydrogens is 419 g/mol. The topological polar surface area (TPSA) is 35.5 Å². The first-order valence-electron chi connectivity index (χ1n) is 10.4. The molecule has 0 spiro atoms. The van der Waals surface area contributed by atoms with Crippen LogP contribution in [0.15, 0.2) is 65.2 Å². The first-order valence-corrected chi connectivity index (χ1v) is 11.2. The lowest BCUT2D eigenvalue weighted by Crippen LogP contribution is -2.29. The summed E-state index contributed by atoms with van der Waals surface area (Å²) in [7, 11) is 0. The lowest BCUT2D eigenvalue weighted by molar-refractivity contribution is -0.158. The average molecular weight is 447 g/mol. The number of para-hydroxylation sites is 1. The maximum Gasteiger partial charge on any atom is 0.310 e. The van der Waals surface area contributed by atoms with Crippen molar-refractivity contribution < 1.29 is 14.3 Å². The zero-order valence-electron chi connectivity index (χ0n) is 17.6. The fourth-order valence-corrected chi connectivity index (χ4v) is 4.21. The first-order chi connectivity index (χ1) is 14.3. The number of esters is 1. The van der Waals surface area contributed by atoms with Gasteiger partial charge in [-0.05, 0) is 54.5 Å². The van der Waals surface area contributed by atoms with E-state index in [1.54, 1.807) is 6.08 Å². The van der Waals surface area contributed by atoms with Crippen molar-refractivity contribution in [1.82, 2.24) is 0 Å². The fourth-order valence-electron chi connectivity index (χ4n) is 3.82. The Morgan fingerprint density at radius 3 is 2.27 bits per heavy atom. The molecule has 0 N–H and O–H groups in total. The maximum atomic E-state index is 13.1. The van der Waals surface area contributed by atoms with Crippen molar-refractivity contribution in [1.29, 1.82) is 0 Å². The minimum absolute atomic E-state index is 0.101. The van der Waals surface area contributed by atoms with E-state index in [2.05, 4.69) is 0 Å². The predicted molar refractivity (Wildman–Crippen MR) is 122 cm³/mol. The highest BCUT2D eigenvalue weighted by Gasteiger charge is 2.38. The molecule has 1 aliphatic rings. The van der Waals surface area contributed by atoms with Crippen LogP contribution in [-0.2, 0) is 9.53 Å². The number of allylic oxidation sites excluding steroid dienone is 1. The van der Waals surface area contributed by atoms with Crippen LogP contribution in [0.25, 0.3) is 0 Å². The Morgan fingerprint density at radius 1 is 1.00 bits per heavy atom. The number of halogens is 2. The van der Waals surface area contributed by atoms with Gasteiger partial charge in [0.25, 0.3) is 0 Å². The van der Waals surface area contributed by atoms with E-state index in [9.17, 15) is 4.79 Å². The Labute approximate surface area is 189 Å². The molecular formula is C25H28Cl2O3. The lowest BCUT2D eigenvalue weighted by atomic mass is 9.84. The van der Waals surface area contributed by atoms with Gasteiger partial charge in [-0.25, -0.2) is 0 Å². The third kappa shape index (κ3) is 6.26. The third-order valence-electron chi connectivity index (χ3n) is 5.40. The van der Waals surface area contributed by atoms with Gasteiger partial charge in [0.1, 0.15) is 22.1 Å². The number of carbonyl (C=O) groups is 1. The van der Waals surface area contributed by atoms with Gasteiger partial charge < -0.3 is 9.47 Å². The minimum Gasteiger partial charge on any atom is -0.457 e. The summed E-state index contributed by atoms with van der Waals surface area (Å²) in [5.41, 5.74) is 0.959. The van der Waals surface area contributed by atoms with E-state index in [4.69, 9.17) is 32.7 Å². The zero-order chi connectivity index (χ0) is 21.7. The third-order valence-corrected chi connectivity index (χ3v) is 5.66. The molecule has 3 unspecified atom stereocenters. The second-order valence-corrected chi connectivity index (χ2v) is 9.28. The molecule has 30 heavy (non-hydrogen) atoms. The van der Waals surface area contributed by atoms with Crippen LogP contribution in [-0.4, -0.2) is 5.97 Å². The highest BCUT2D eigenvalue weighted by Crippen LogP contribution is 2.45. The van der Waals surface area contributed by atoms with E-state index < -0.39 is 0 Å². The quantitative estimate of drug-likeness (QED) is 0.370. The van der Waals surface area contributed by atoms with Crippen LogP contribution in [0.1, 0.15) is 45.3 Å². The standard InChI is InChI=1S/C25H28Cl2O3/c1-16(2)23(17(3)14-22(26)27)25(28)30-24(18-12-13-18)19-8-7-11-21(15-19)29-20-9-5-4-6-10-20/h4-11,14-18,23-24H,12-13H2,1-3H3. The number of benzene rings is 2. The largest absolute Gasteiger partial charge is 0.457 e. The molecule has 0 aliphatic heterocycles. The summed E-state index contributed by atoms with van der Waals surface area (Å²) in [6.45, 7) is 5.97. The van der Waals surface area contributed by atoms with Gasteiger partial charge in [0, 0.05) is 5.92 Å². The van der Waals surface area contributed by atoms with E-state index >= 15 is 0 Å². The van der Waals surface area contributed by atoms with Crippen molar-refractivity contribution in [3.05, 3.63) is 70.7 Å². The highest BCUT2D eigenvalue weighted by molar-refractivity contribution is 6.55. The van der Waals surface area contributed by atoms with Crippen molar-refractivity contribution in [3.63, 3.8) is 0 Å². The summed E-state index contributed by atoms with van der Waals surface area (Å²) >= 11 is 11.7. The van der Waals surface area contributed by atoms with Crippen molar-refractivity contribution in [2.45, 2.75) is 39.7 Å². The van der Waals surface area contributed by atoms with Crippen LogP contribution in [0.5, 0.6) is 11.5 Å². The van der Waals surface area contributed by atoms with Crippen LogP contribution < -0.4 is 4.74 Å². The number of hydrogen-bond acceptors (Lipinski definition) is 3. The summed E-state index contributed by atoms with van der Waals surface area (Å²) in [6.07, 6.45) is 3.53. The Bertz CT molecular complexity index is 871. The molecule has 0 amide bonds. The average Bonchev–Trinajstić information content (AvgIpc) is 3.51. The summed E-state index contributed by atoms with van der Waals surface area (Å²) in [5.74, 6) is 1.30. The molecule has 2 aromatic rings. The SMILES string of the molecule is CC(C)C(C(=O)OC(c1cccc(Oc2ccccc2)c1)C1CC1)C(C)C=C(Cl)Cl. The van der Waals surface area contributed by atoms with Crippen molar-refractivity contribution in [3.8, 4) is 11.5 Å². The second kappa shape index (κ2) is 10.4. The Hall–Kier alpha value is -1.97. The Balaban J connectivity index is 1.78. The predicted octanol–water partition coefficient (Wildman–Crippen LogP) is 7.70. The number of hydrogen-bond donors (Lipinski definition) is 0. The summed E-state index contributed by atoms with van der Waals surface area (Å²) in [6, 6.07) is 17.5. The number of ether oxygens (including phenoxy) is 2. The summed E-state index contributed by atoms with van der Waals surface area (Å²) in [4.78, 5) is 13.1. The smallest absolute Gasteiger partial charge is 0.310 e. The van der Waals surface area contributed by atoms with Gasteiger partial charge in [-0.15, -0.1) is 0 Å². The van der Waals surface area contributed by atoms with Crippen molar-refractivity contribution in [2.75, 3.05) is 0 Å². The van der Waals surface area contributed by atoms with Gasteiger partial charge >= 0.3 is 5.97 Å². The van der Waals surface area contributed by atoms with Crippen LogP contribution in [0.4, 0.5) is 0 Å². The second-order valence-electron chi connectivity index (χ2n) is 8.27. The highest BCUT2D eigenvalue weighted by atomic mass is 35.5. The molecule has 1 aliphatic carbocycles. The molecule has 160 valence electrons. The van der Waals surface area contributed by atoms with E-state index in [0.29, 0.717) is 5.92 Å². The van der Waals surface area contributed by atoms with Crippen molar-refractivity contribution in [2.24, 2.45) is 23.7 Å². The van der Waals surface area contributed by atoms with E-state index in [-0.39, 0.29) is 34.3 Å². The van der Waals surface area contributed by atoms with Crippen LogP contribution in [0, 0.1) is 23.7 Å². The molecule has 1 saturated carbocycles. The number of carbonyl (C=O) groups excluding carboxylic acids is 1. The fraction of sp³-hybridized carbons (Fsp3) is 0.400. The molecule has 0 bridgehead atoms. The maximum absolute atomic E-state index is 13.1. The molecule has 2 aromatic carbocycles. The lowest BCUT2D eigenvalue weighted by Gasteiger charge is -2.27. The first kappa shape index (κ1) is 22.7. The summed E-state index contributed by atoms with van der Waals surface area (Å²) < 4.78 is 12.2. The molecule has 1 fully saturated rings. The van der Waals surface area contributed by atoms with Gasteiger partial charge in [0.15, 0.2) is 0 Å². The van der Waals surface area contributed by atoms with Crippen LogP contribution in [0.3, 0.4) is 0 Å². The van der Waals surface area contributed by atoms with Gasteiger partial charge in [-0.1, -0.05) is 80.4 Å². The molecule has 3 atom stereocenters. The Kier molecular flexibility index (Phi) is 7.85. The van der Waals surface area contributed by atoms with Gasteiger partial charge in [-0.2, -0.15) is 0 Å². The normalized spacial score (nSPS) is 16.5. The van der Waals surface area contributed by atoms with E-state index in [1.165, 1.54) is 0 Å². The molecule has 0 heterocycles. The molecule has 3 nitrogen and oxygen atoms in total. The van der Waals surface area contributed by atoms with E-state index in [1.807, 2.05) is 75.4 Å². The molecule has 5 heteroatoms. The Morgan fingerprint density at radius 2 is 1.67 bits per heavy atom. The molecule has 3 rings (SSSR count). The monoisotopic (exact) mass is 446 g/mol. The molecule has 0 saturated heterocycles. The van der Waals surface area contributed by atoms with Gasteiger partial charge in [0.2, 0.25) is 0 Å². The van der Waals surface area contributed by atoms with Crippen LogP contribution >= 0.6 is 23.2 Å². The van der Waals surface area contributed by atoms with Gasteiger partial charge in [-0.3, -0.25) is 4.79 Å². The molecule has 0 aromatic heterocycles. The van der Waals surface area contributed by atoms with Crippen molar-refractivity contribution >= 4 is 29.2 Å². The van der Waals surface area contributed by atoms with Crippen LogP contribution in [0.2, 0.25) is 0 Å². The molecule has 0 radical (unpaired) electrons. The zero-order valence-corrected chi connectivity index (χ0v) is 19.1. The summed E-state index contributed by atoms with van der Waals surface area (Å²) in [5, 5.41) is 0. The van der Waals surface area contributed by atoms with Gasteiger partial charge in [0.05, 0.1) is 5.92 Å². The minimum atomic E-state index is -0.317. The number of rotatable bonds is 9.